The minimum atomic E-state index is -4.42. The van der Waals surface area contributed by atoms with Crippen LogP contribution in [0.15, 0.2) is 78.9 Å². The smallest absolute Gasteiger partial charge is 0.366 e. The minimum Gasteiger partial charge on any atom is -0.366 e. The SMILES string of the molecule is O=S1(=O)CC(Cn2nnc(-c3ccccc3Nc3ccc(C(F)(F)F)cc3)n2)(OCc2ccccc2)C1. The zero-order valence-electron chi connectivity index (χ0n) is 19.4. The highest BCUT2D eigenvalue weighted by Crippen LogP contribution is 2.33. The molecule has 4 aromatic rings. The lowest BCUT2D eigenvalue weighted by molar-refractivity contribution is -0.137. The van der Waals surface area contributed by atoms with Gasteiger partial charge in [0.25, 0.3) is 0 Å². The molecule has 3 aromatic carbocycles. The molecule has 0 unspecified atom stereocenters. The van der Waals surface area contributed by atoms with Crippen molar-refractivity contribution in [1.29, 1.82) is 0 Å². The van der Waals surface area contributed by atoms with Gasteiger partial charge in [0.2, 0.25) is 5.82 Å². The van der Waals surface area contributed by atoms with E-state index in [-0.39, 0.29) is 30.5 Å². The molecule has 2 heterocycles. The number of nitrogens with zero attached hydrogens (tertiary/aromatic N) is 4. The van der Waals surface area contributed by atoms with Crippen molar-refractivity contribution in [3.63, 3.8) is 0 Å². The van der Waals surface area contributed by atoms with Crippen molar-refractivity contribution in [3.05, 3.63) is 90.0 Å². The number of nitrogens with one attached hydrogen (secondary N) is 1. The summed E-state index contributed by atoms with van der Waals surface area (Å²) in [5, 5.41) is 15.7. The lowest BCUT2D eigenvalue weighted by atomic mass is 10.1. The molecule has 1 aliphatic rings. The van der Waals surface area contributed by atoms with E-state index in [0.29, 0.717) is 16.9 Å². The van der Waals surface area contributed by atoms with Crippen molar-refractivity contribution >= 4 is 21.2 Å². The van der Waals surface area contributed by atoms with E-state index < -0.39 is 27.2 Å². The van der Waals surface area contributed by atoms with Gasteiger partial charge in [-0.15, -0.1) is 10.2 Å². The van der Waals surface area contributed by atoms with Crippen molar-refractivity contribution in [1.82, 2.24) is 20.2 Å². The monoisotopic (exact) mass is 529 g/mol. The second-order valence-electron chi connectivity index (χ2n) is 8.88. The molecule has 0 radical (unpaired) electrons. The number of rotatable bonds is 8. The molecule has 0 saturated carbocycles. The third-order valence-electron chi connectivity index (χ3n) is 5.90. The lowest BCUT2D eigenvalue weighted by Gasteiger charge is -2.40. The molecule has 1 saturated heterocycles. The van der Waals surface area contributed by atoms with Crippen LogP contribution in [0.3, 0.4) is 0 Å². The first-order valence-electron chi connectivity index (χ1n) is 11.3. The molecule has 0 bridgehead atoms. The quantitative estimate of drug-likeness (QED) is 0.359. The number of para-hydroxylation sites is 1. The summed E-state index contributed by atoms with van der Waals surface area (Å²) in [4.78, 5) is 1.31. The Balaban J connectivity index is 1.33. The van der Waals surface area contributed by atoms with Crippen LogP contribution in [-0.4, -0.2) is 45.7 Å². The number of halogens is 3. The Morgan fingerprint density at radius 2 is 1.62 bits per heavy atom. The topological polar surface area (TPSA) is 99.0 Å². The van der Waals surface area contributed by atoms with Crippen LogP contribution in [0.1, 0.15) is 11.1 Å². The highest BCUT2D eigenvalue weighted by atomic mass is 32.2. The molecule has 1 N–H and O–H groups in total. The number of sulfone groups is 1. The normalized spacial score (nSPS) is 16.2. The molecular weight excluding hydrogens is 507 g/mol. The highest BCUT2D eigenvalue weighted by Gasteiger charge is 2.50. The molecule has 8 nitrogen and oxygen atoms in total. The molecule has 192 valence electrons. The first kappa shape index (κ1) is 24.9. The van der Waals surface area contributed by atoms with Crippen LogP contribution in [-0.2, 0) is 33.9 Å². The van der Waals surface area contributed by atoms with E-state index in [9.17, 15) is 21.6 Å². The summed E-state index contributed by atoms with van der Waals surface area (Å²) in [6.07, 6.45) is -4.42. The molecule has 12 heteroatoms. The summed E-state index contributed by atoms with van der Waals surface area (Å²) in [6.45, 7) is 0.346. The summed E-state index contributed by atoms with van der Waals surface area (Å²) in [7, 11) is -3.21. The third kappa shape index (κ3) is 5.81. The maximum atomic E-state index is 12.9. The van der Waals surface area contributed by atoms with Crippen molar-refractivity contribution < 1.29 is 26.3 Å². The fraction of sp³-hybridized carbons (Fsp3) is 0.240. The van der Waals surface area contributed by atoms with Crippen molar-refractivity contribution in [2.45, 2.75) is 24.9 Å². The van der Waals surface area contributed by atoms with E-state index in [0.717, 1.165) is 17.7 Å². The Kier molecular flexibility index (Phi) is 6.46. The Labute approximate surface area is 211 Å². The van der Waals surface area contributed by atoms with Gasteiger partial charge in [0.15, 0.2) is 9.84 Å². The number of benzene rings is 3. The third-order valence-corrected chi connectivity index (χ3v) is 7.83. The molecule has 1 fully saturated rings. The number of tetrazole rings is 1. The van der Waals surface area contributed by atoms with Crippen LogP contribution < -0.4 is 5.32 Å². The van der Waals surface area contributed by atoms with Crippen molar-refractivity contribution in [3.8, 4) is 11.4 Å². The molecule has 1 aliphatic heterocycles. The van der Waals surface area contributed by atoms with Crippen LogP contribution in [0, 0.1) is 0 Å². The number of alkyl halides is 3. The van der Waals surface area contributed by atoms with E-state index >= 15 is 0 Å². The summed E-state index contributed by atoms with van der Waals surface area (Å²) in [5.74, 6) is -0.0126. The first-order valence-corrected chi connectivity index (χ1v) is 13.1. The average Bonchev–Trinajstić information content (AvgIpc) is 3.30. The predicted octanol–water partition coefficient (Wildman–Crippen LogP) is 4.49. The Bertz CT molecular complexity index is 1480. The number of aromatic nitrogens is 4. The van der Waals surface area contributed by atoms with E-state index in [2.05, 4.69) is 20.7 Å². The van der Waals surface area contributed by atoms with E-state index in [4.69, 9.17) is 4.74 Å². The Hall–Kier alpha value is -3.77. The maximum absolute atomic E-state index is 12.9. The number of hydrogen-bond donors (Lipinski definition) is 1. The molecule has 0 atom stereocenters. The largest absolute Gasteiger partial charge is 0.416 e. The molecule has 5 rings (SSSR count). The summed E-state index contributed by atoms with van der Waals surface area (Å²) < 4.78 is 68.7. The van der Waals surface area contributed by atoms with E-state index in [1.54, 1.807) is 24.3 Å². The van der Waals surface area contributed by atoms with Gasteiger partial charge in [-0.1, -0.05) is 42.5 Å². The first-order chi connectivity index (χ1) is 17.6. The fourth-order valence-electron chi connectivity index (χ4n) is 4.15. The van der Waals surface area contributed by atoms with Gasteiger partial charge in [-0.25, -0.2) is 8.42 Å². The molecular formula is C25H22F3N5O3S. The maximum Gasteiger partial charge on any atom is 0.416 e. The van der Waals surface area contributed by atoms with Gasteiger partial charge < -0.3 is 10.1 Å². The Morgan fingerprint density at radius 1 is 0.946 bits per heavy atom. The lowest BCUT2D eigenvalue weighted by Crippen LogP contribution is -2.59. The fourth-order valence-corrected chi connectivity index (χ4v) is 6.02. The predicted molar refractivity (Wildman–Crippen MR) is 131 cm³/mol. The minimum absolute atomic E-state index is 0.0978. The molecule has 0 amide bonds. The second-order valence-corrected chi connectivity index (χ2v) is 10.9. The van der Waals surface area contributed by atoms with Gasteiger partial charge in [-0.05, 0) is 47.2 Å². The highest BCUT2D eigenvalue weighted by molar-refractivity contribution is 7.93. The Morgan fingerprint density at radius 3 is 2.30 bits per heavy atom. The van der Waals surface area contributed by atoms with Gasteiger partial charge in [0.05, 0.1) is 30.2 Å². The summed E-state index contributed by atoms with van der Waals surface area (Å²) >= 11 is 0. The van der Waals surface area contributed by atoms with Crippen LogP contribution in [0.5, 0.6) is 0 Å². The van der Waals surface area contributed by atoms with Gasteiger partial charge >= 0.3 is 6.18 Å². The van der Waals surface area contributed by atoms with Gasteiger partial charge in [0, 0.05) is 16.9 Å². The molecule has 37 heavy (non-hydrogen) atoms. The van der Waals surface area contributed by atoms with Gasteiger partial charge in [-0.3, -0.25) is 0 Å². The van der Waals surface area contributed by atoms with Crippen LogP contribution in [0.4, 0.5) is 24.5 Å². The molecule has 0 aliphatic carbocycles. The zero-order chi connectivity index (χ0) is 26.1. The van der Waals surface area contributed by atoms with E-state index in [1.165, 1.54) is 16.9 Å². The molecule has 0 spiro atoms. The molecule has 1 aromatic heterocycles. The summed E-state index contributed by atoms with van der Waals surface area (Å²) in [6, 6.07) is 21.2. The second kappa shape index (κ2) is 9.60. The van der Waals surface area contributed by atoms with Gasteiger partial charge in [-0.2, -0.15) is 18.0 Å². The van der Waals surface area contributed by atoms with Crippen molar-refractivity contribution in [2.75, 3.05) is 16.8 Å². The van der Waals surface area contributed by atoms with Crippen LogP contribution >= 0.6 is 0 Å². The van der Waals surface area contributed by atoms with Gasteiger partial charge in [0.1, 0.15) is 5.60 Å². The number of hydrogen-bond acceptors (Lipinski definition) is 7. The van der Waals surface area contributed by atoms with Crippen LogP contribution in [0.25, 0.3) is 11.4 Å². The van der Waals surface area contributed by atoms with Crippen molar-refractivity contribution in [2.24, 2.45) is 0 Å². The van der Waals surface area contributed by atoms with Crippen LogP contribution in [0.2, 0.25) is 0 Å². The van der Waals surface area contributed by atoms with E-state index in [1.807, 2.05) is 30.3 Å². The number of anilines is 2. The summed E-state index contributed by atoms with van der Waals surface area (Å²) in [5.41, 5.74) is 0.821. The number of ether oxygens (including phenoxy) is 1. The standard InChI is InChI=1S/C25H22F3N5O3S/c26-25(27,28)19-10-12-20(13-11-19)29-22-9-5-4-8-21(22)23-30-32-33(31-23)15-24(16-37(34,35)17-24)36-14-18-6-2-1-3-7-18/h1-13,29H,14-17H2. The average molecular weight is 530 g/mol. The zero-order valence-corrected chi connectivity index (χ0v) is 20.2.